The summed E-state index contributed by atoms with van der Waals surface area (Å²) < 4.78 is 18.3. The van der Waals surface area contributed by atoms with E-state index in [1.54, 1.807) is 19.2 Å². The zero-order chi connectivity index (χ0) is 13.4. The van der Waals surface area contributed by atoms with Crippen molar-refractivity contribution in [3.8, 4) is 5.75 Å². The highest BCUT2D eigenvalue weighted by Crippen LogP contribution is 2.36. The molecule has 0 aromatic heterocycles. The maximum Gasteiger partial charge on any atom is 0.137 e. The molecule has 19 heavy (non-hydrogen) atoms. The van der Waals surface area contributed by atoms with E-state index < -0.39 is 0 Å². The predicted molar refractivity (Wildman–Crippen MR) is 74.5 cm³/mol. The van der Waals surface area contributed by atoms with Gasteiger partial charge in [0, 0.05) is 5.69 Å². The molecule has 0 fully saturated rings. The Morgan fingerprint density at radius 3 is 2.84 bits per heavy atom. The largest absolute Gasteiger partial charge is 0.495 e. The van der Waals surface area contributed by atoms with Crippen molar-refractivity contribution in [3.63, 3.8) is 0 Å². The van der Waals surface area contributed by atoms with Crippen molar-refractivity contribution in [2.24, 2.45) is 0 Å². The minimum Gasteiger partial charge on any atom is -0.495 e. The Balaban J connectivity index is 1.88. The Hall–Kier alpha value is -1.74. The summed E-state index contributed by atoms with van der Waals surface area (Å²) in [5.41, 5.74) is 3.05. The predicted octanol–water partition coefficient (Wildman–Crippen LogP) is 4.20. The van der Waals surface area contributed by atoms with Crippen LogP contribution >= 0.6 is 11.6 Å². The molecule has 2 nitrogen and oxygen atoms in total. The Labute approximate surface area is 116 Å². The van der Waals surface area contributed by atoms with Gasteiger partial charge in [-0.25, -0.2) is 4.39 Å². The summed E-state index contributed by atoms with van der Waals surface area (Å²) in [6, 6.07) is 10.7. The molecule has 0 bridgehead atoms. The van der Waals surface area contributed by atoms with Crippen LogP contribution in [0.4, 0.5) is 10.1 Å². The Morgan fingerprint density at radius 1 is 1.26 bits per heavy atom. The molecule has 1 heterocycles. The topological polar surface area (TPSA) is 21.3 Å². The lowest BCUT2D eigenvalue weighted by Crippen LogP contribution is -2.05. The fraction of sp³-hybridized carbons (Fsp3) is 0.200. The maximum absolute atomic E-state index is 13.2. The van der Waals surface area contributed by atoms with E-state index in [0.29, 0.717) is 10.8 Å². The average molecular weight is 278 g/mol. The van der Waals surface area contributed by atoms with Crippen LogP contribution in [-0.2, 0) is 6.42 Å². The molecule has 1 aliphatic rings. The summed E-state index contributed by atoms with van der Waals surface area (Å²) >= 11 is 6.13. The normalized spacial score (nSPS) is 16.9. The van der Waals surface area contributed by atoms with Crippen molar-refractivity contribution >= 4 is 17.3 Å². The van der Waals surface area contributed by atoms with Crippen molar-refractivity contribution in [2.45, 2.75) is 12.5 Å². The maximum atomic E-state index is 13.2. The third-order valence-electron chi connectivity index (χ3n) is 3.40. The van der Waals surface area contributed by atoms with Crippen LogP contribution in [0.2, 0.25) is 5.02 Å². The third kappa shape index (κ3) is 2.26. The third-order valence-corrected chi connectivity index (χ3v) is 3.69. The first kappa shape index (κ1) is 12.3. The van der Waals surface area contributed by atoms with E-state index in [-0.39, 0.29) is 11.9 Å². The zero-order valence-electron chi connectivity index (χ0n) is 10.4. The number of nitrogens with one attached hydrogen (secondary N) is 1. The van der Waals surface area contributed by atoms with Crippen LogP contribution in [0.1, 0.15) is 17.2 Å². The molecule has 2 aromatic rings. The number of ether oxygens (including phenoxy) is 1. The molecule has 1 atom stereocenters. The van der Waals surface area contributed by atoms with Gasteiger partial charge in [-0.05, 0) is 47.9 Å². The monoisotopic (exact) mass is 277 g/mol. The second kappa shape index (κ2) is 4.74. The number of methoxy groups -OCH3 is 1. The highest BCUT2D eigenvalue weighted by atomic mass is 35.5. The van der Waals surface area contributed by atoms with E-state index >= 15 is 0 Å². The van der Waals surface area contributed by atoms with Crippen LogP contribution in [-0.4, -0.2) is 7.11 Å². The Morgan fingerprint density at radius 2 is 2.11 bits per heavy atom. The lowest BCUT2D eigenvalue weighted by Gasteiger charge is -2.13. The molecule has 0 aliphatic carbocycles. The van der Waals surface area contributed by atoms with Gasteiger partial charge >= 0.3 is 0 Å². The second-order valence-electron chi connectivity index (χ2n) is 4.60. The highest BCUT2D eigenvalue weighted by Gasteiger charge is 2.22. The molecular formula is C15H13ClFNO. The number of halogens is 2. The van der Waals surface area contributed by atoms with Gasteiger partial charge in [-0.2, -0.15) is 0 Å². The fourth-order valence-electron chi connectivity index (χ4n) is 2.43. The van der Waals surface area contributed by atoms with Gasteiger partial charge in [-0.3, -0.25) is 0 Å². The van der Waals surface area contributed by atoms with Gasteiger partial charge in [0.25, 0.3) is 0 Å². The van der Waals surface area contributed by atoms with E-state index in [1.807, 2.05) is 18.2 Å². The number of anilines is 1. The Bertz CT molecular complexity index is 630. The quantitative estimate of drug-likeness (QED) is 0.888. The van der Waals surface area contributed by atoms with Gasteiger partial charge in [-0.15, -0.1) is 0 Å². The van der Waals surface area contributed by atoms with Crippen LogP contribution in [0, 0.1) is 5.82 Å². The Kier molecular flexibility index (Phi) is 3.07. The summed E-state index contributed by atoms with van der Waals surface area (Å²) in [6.07, 6.45) is 0.760. The molecule has 0 amide bonds. The van der Waals surface area contributed by atoms with Crippen molar-refractivity contribution in [1.29, 1.82) is 0 Å². The van der Waals surface area contributed by atoms with Gasteiger partial charge in [0.2, 0.25) is 0 Å². The molecule has 98 valence electrons. The van der Waals surface area contributed by atoms with Crippen LogP contribution < -0.4 is 10.1 Å². The van der Waals surface area contributed by atoms with Crippen LogP contribution in [0.15, 0.2) is 36.4 Å². The lowest BCUT2D eigenvalue weighted by molar-refractivity contribution is 0.415. The van der Waals surface area contributed by atoms with E-state index in [4.69, 9.17) is 16.3 Å². The first-order valence-electron chi connectivity index (χ1n) is 6.06. The zero-order valence-corrected chi connectivity index (χ0v) is 11.2. The number of rotatable bonds is 2. The standard InChI is InChI=1S/C15H13ClFNO/c1-19-15-5-2-9(7-12(15)16)14-8-10-6-11(17)3-4-13(10)18-14/h2-7,14,18H,8H2,1H3. The summed E-state index contributed by atoms with van der Waals surface area (Å²) in [7, 11) is 1.59. The molecule has 0 saturated carbocycles. The van der Waals surface area contributed by atoms with Crippen molar-refractivity contribution in [1.82, 2.24) is 0 Å². The van der Waals surface area contributed by atoms with Crippen molar-refractivity contribution < 1.29 is 9.13 Å². The minimum absolute atomic E-state index is 0.125. The molecule has 0 saturated heterocycles. The van der Waals surface area contributed by atoms with E-state index in [0.717, 1.165) is 23.2 Å². The summed E-state index contributed by atoms with van der Waals surface area (Å²) in [4.78, 5) is 0. The highest BCUT2D eigenvalue weighted by molar-refractivity contribution is 6.32. The van der Waals surface area contributed by atoms with Gasteiger partial charge in [0.05, 0.1) is 18.2 Å². The number of benzene rings is 2. The SMILES string of the molecule is COc1ccc(C2Cc3cc(F)ccc3N2)cc1Cl. The molecular weight excluding hydrogens is 265 g/mol. The summed E-state index contributed by atoms with van der Waals surface area (Å²) in [5, 5.41) is 3.96. The fourth-order valence-corrected chi connectivity index (χ4v) is 2.70. The minimum atomic E-state index is -0.200. The van der Waals surface area contributed by atoms with Gasteiger partial charge in [0.1, 0.15) is 11.6 Å². The van der Waals surface area contributed by atoms with E-state index in [2.05, 4.69) is 5.32 Å². The first-order chi connectivity index (χ1) is 9.17. The number of fused-ring (bicyclic) bond motifs is 1. The van der Waals surface area contributed by atoms with E-state index in [1.165, 1.54) is 6.07 Å². The summed E-state index contributed by atoms with van der Waals surface area (Å²) in [6.45, 7) is 0. The smallest absolute Gasteiger partial charge is 0.137 e. The molecule has 1 unspecified atom stereocenters. The molecule has 0 radical (unpaired) electrons. The summed E-state index contributed by atoms with van der Waals surface area (Å²) in [5.74, 6) is 0.459. The van der Waals surface area contributed by atoms with Gasteiger partial charge in [0.15, 0.2) is 0 Å². The van der Waals surface area contributed by atoms with Gasteiger partial charge < -0.3 is 10.1 Å². The number of hydrogen-bond acceptors (Lipinski definition) is 2. The van der Waals surface area contributed by atoms with Crippen molar-refractivity contribution in [2.75, 3.05) is 12.4 Å². The van der Waals surface area contributed by atoms with E-state index in [9.17, 15) is 4.39 Å². The molecule has 0 spiro atoms. The number of hydrogen-bond donors (Lipinski definition) is 1. The molecule has 4 heteroatoms. The first-order valence-corrected chi connectivity index (χ1v) is 6.43. The van der Waals surface area contributed by atoms with Gasteiger partial charge in [-0.1, -0.05) is 17.7 Å². The lowest BCUT2D eigenvalue weighted by atomic mass is 10.0. The van der Waals surface area contributed by atoms with Crippen LogP contribution in [0.3, 0.4) is 0 Å². The van der Waals surface area contributed by atoms with Crippen LogP contribution in [0.25, 0.3) is 0 Å². The second-order valence-corrected chi connectivity index (χ2v) is 5.00. The molecule has 1 N–H and O–H groups in total. The molecule has 2 aromatic carbocycles. The molecule has 3 rings (SSSR count). The molecule has 1 aliphatic heterocycles. The average Bonchev–Trinajstić information content (AvgIpc) is 2.81. The van der Waals surface area contributed by atoms with Crippen molar-refractivity contribution in [3.05, 3.63) is 58.4 Å². The van der Waals surface area contributed by atoms with Crippen LogP contribution in [0.5, 0.6) is 5.75 Å².